The minimum Gasteiger partial charge on any atom is -0.426 e. The van der Waals surface area contributed by atoms with E-state index < -0.39 is 42.7 Å². The number of carbonyl (C=O) groups excluding carboxylic acids is 2. The number of anilines is 1. The number of rotatable bonds is 8. The average molecular weight is 450 g/mol. The first-order valence-electron chi connectivity index (χ1n) is 9.46. The Labute approximate surface area is 177 Å². The van der Waals surface area contributed by atoms with Gasteiger partial charge < -0.3 is 25.6 Å². The van der Waals surface area contributed by atoms with E-state index in [4.69, 9.17) is 11.6 Å². The Morgan fingerprint density at radius 3 is 2.47 bits per heavy atom. The normalized spacial score (nSPS) is 17.4. The summed E-state index contributed by atoms with van der Waals surface area (Å²) in [5, 5.41) is 23.5. The van der Waals surface area contributed by atoms with Gasteiger partial charge in [0.2, 0.25) is 11.8 Å². The number of halogens is 4. The molecule has 0 aliphatic carbocycles. The topological polar surface area (TPSA) is 102 Å². The molecule has 1 saturated heterocycles. The number of hydrogen-bond acceptors (Lipinski definition) is 5. The van der Waals surface area contributed by atoms with E-state index in [0.29, 0.717) is 25.1 Å². The van der Waals surface area contributed by atoms with Gasteiger partial charge in [0.05, 0.1) is 28.8 Å². The van der Waals surface area contributed by atoms with Crippen molar-refractivity contribution in [2.45, 2.75) is 44.8 Å². The first-order valence-corrected chi connectivity index (χ1v) is 9.84. The maximum Gasteiger partial charge on any atom is 0.475 e. The zero-order valence-electron chi connectivity index (χ0n) is 16.5. The second kappa shape index (κ2) is 9.89. The van der Waals surface area contributed by atoms with Crippen molar-refractivity contribution in [3.05, 3.63) is 28.8 Å². The molecule has 0 aromatic heterocycles. The van der Waals surface area contributed by atoms with Gasteiger partial charge in [-0.1, -0.05) is 25.4 Å². The Balaban J connectivity index is 1.93. The largest absolute Gasteiger partial charge is 0.475 e. The zero-order chi connectivity index (χ0) is 22.6. The summed E-state index contributed by atoms with van der Waals surface area (Å²) in [7, 11) is -1.73. The van der Waals surface area contributed by atoms with Gasteiger partial charge in [0.15, 0.2) is 0 Å². The van der Waals surface area contributed by atoms with Gasteiger partial charge in [-0.3, -0.25) is 9.59 Å². The lowest BCUT2D eigenvalue weighted by molar-refractivity contribution is -0.137. The molecule has 7 nitrogen and oxygen atoms in total. The average Bonchev–Trinajstić information content (AvgIpc) is 2.58. The number of benzene rings is 1. The molecule has 0 unspecified atom stereocenters. The molecule has 0 saturated carbocycles. The molecule has 2 rings (SSSR count). The predicted octanol–water partition coefficient (Wildman–Crippen LogP) is 1.60. The highest BCUT2D eigenvalue weighted by atomic mass is 35.5. The summed E-state index contributed by atoms with van der Waals surface area (Å²) >= 11 is 5.98. The molecule has 2 atom stereocenters. The van der Waals surface area contributed by atoms with Crippen molar-refractivity contribution < 1.29 is 32.8 Å². The number of nitrogens with one attached hydrogen (secondary N) is 2. The number of amides is 2. The number of alkyl halides is 3. The Hall–Kier alpha value is -1.98. The van der Waals surface area contributed by atoms with E-state index in [1.807, 2.05) is 13.8 Å². The molecule has 166 valence electrons. The molecule has 1 fully saturated rings. The van der Waals surface area contributed by atoms with Crippen LogP contribution in [0.25, 0.3) is 0 Å². The molecule has 1 heterocycles. The van der Waals surface area contributed by atoms with E-state index >= 15 is 0 Å². The van der Waals surface area contributed by atoms with Crippen molar-refractivity contribution >= 4 is 36.2 Å². The van der Waals surface area contributed by atoms with Crippen LogP contribution < -0.4 is 15.5 Å². The highest BCUT2D eigenvalue weighted by Gasteiger charge is 2.37. The van der Waals surface area contributed by atoms with Gasteiger partial charge in [-0.25, -0.2) is 0 Å². The van der Waals surface area contributed by atoms with Gasteiger partial charge in [-0.2, -0.15) is 13.2 Å². The molecule has 1 aromatic rings. The highest BCUT2D eigenvalue weighted by Crippen LogP contribution is 2.37. The van der Waals surface area contributed by atoms with Crippen LogP contribution in [0, 0.1) is 5.92 Å². The van der Waals surface area contributed by atoms with Crippen molar-refractivity contribution in [3.8, 4) is 0 Å². The highest BCUT2D eigenvalue weighted by molar-refractivity contribution is 6.43. The van der Waals surface area contributed by atoms with Gasteiger partial charge in [0.1, 0.15) is 6.04 Å². The van der Waals surface area contributed by atoms with Crippen LogP contribution >= 0.6 is 11.6 Å². The van der Waals surface area contributed by atoms with Crippen molar-refractivity contribution in [2.75, 3.05) is 18.0 Å². The Morgan fingerprint density at radius 1 is 1.33 bits per heavy atom. The Kier molecular flexibility index (Phi) is 8.01. The quantitative estimate of drug-likeness (QED) is 0.452. The van der Waals surface area contributed by atoms with Gasteiger partial charge in [-0.05, 0) is 37.0 Å². The standard InChI is InChI=1S/C18H24BClF3N3O4/c1-10(2)7-15(19(29)30)25-16(27)9-24-17(28)14-5-6-26(14)13-4-3-11(8-12(13)20)18(21,22)23/h3-4,8,10,14-15,29-30H,5-7,9H2,1-2H3,(H,24,28)(H,25,27)/t14-,15-/m0/s1. The molecule has 0 radical (unpaired) electrons. The molecule has 1 aliphatic rings. The van der Waals surface area contributed by atoms with Gasteiger partial charge in [0.25, 0.3) is 0 Å². The van der Waals surface area contributed by atoms with Crippen molar-refractivity contribution in [1.82, 2.24) is 10.6 Å². The number of carbonyl (C=O) groups is 2. The van der Waals surface area contributed by atoms with Crippen LogP contribution in [0.2, 0.25) is 5.02 Å². The van der Waals surface area contributed by atoms with Crippen LogP contribution in [0.3, 0.4) is 0 Å². The minimum absolute atomic E-state index is 0.115. The summed E-state index contributed by atoms with van der Waals surface area (Å²) in [6.07, 6.45) is -3.72. The molecule has 12 heteroatoms. The third kappa shape index (κ3) is 6.26. The summed E-state index contributed by atoms with van der Waals surface area (Å²) in [5.74, 6) is -1.80. The molecule has 0 spiro atoms. The smallest absolute Gasteiger partial charge is 0.426 e. The Morgan fingerprint density at radius 2 is 2.00 bits per heavy atom. The lowest BCUT2D eigenvalue weighted by atomic mass is 9.75. The van der Waals surface area contributed by atoms with E-state index in [1.165, 1.54) is 6.07 Å². The fourth-order valence-corrected chi connectivity index (χ4v) is 3.46. The van der Waals surface area contributed by atoms with Crippen LogP contribution in [0.4, 0.5) is 18.9 Å². The minimum atomic E-state index is -4.52. The van der Waals surface area contributed by atoms with E-state index in [1.54, 1.807) is 4.90 Å². The lowest BCUT2D eigenvalue weighted by Gasteiger charge is -2.42. The molecule has 0 bridgehead atoms. The summed E-state index contributed by atoms with van der Waals surface area (Å²) in [4.78, 5) is 26.0. The Bertz CT molecular complexity index is 780. The molecular weight excluding hydrogens is 425 g/mol. The van der Waals surface area contributed by atoms with E-state index in [2.05, 4.69) is 10.6 Å². The van der Waals surface area contributed by atoms with Crippen LogP contribution in [0.15, 0.2) is 18.2 Å². The molecular formula is C18H24BClF3N3O4. The SMILES string of the molecule is CC(C)C[C@H](NC(=O)CNC(=O)[C@@H]1CCN1c1ccc(C(F)(F)F)cc1Cl)B(O)O. The van der Waals surface area contributed by atoms with Crippen LogP contribution in [0.5, 0.6) is 0 Å². The molecule has 2 amide bonds. The first-order chi connectivity index (χ1) is 13.9. The summed E-state index contributed by atoms with van der Waals surface area (Å²) in [6.45, 7) is 3.79. The third-order valence-electron chi connectivity index (χ3n) is 4.76. The van der Waals surface area contributed by atoms with Gasteiger partial charge >= 0.3 is 13.3 Å². The number of nitrogens with zero attached hydrogens (tertiary/aromatic N) is 1. The van der Waals surface area contributed by atoms with Crippen molar-refractivity contribution in [1.29, 1.82) is 0 Å². The van der Waals surface area contributed by atoms with Crippen molar-refractivity contribution in [3.63, 3.8) is 0 Å². The maximum atomic E-state index is 12.8. The predicted molar refractivity (Wildman–Crippen MR) is 107 cm³/mol. The summed E-state index contributed by atoms with van der Waals surface area (Å²) in [5.41, 5.74) is -0.572. The van der Waals surface area contributed by atoms with E-state index in [0.717, 1.165) is 12.1 Å². The molecule has 1 aliphatic heterocycles. The van der Waals surface area contributed by atoms with Gasteiger partial charge in [0, 0.05) is 6.54 Å². The number of hydrogen-bond donors (Lipinski definition) is 4. The monoisotopic (exact) mass is 449 g/mol. The van der Waals surface area contributed by atoms with Crippen LogP contribution in [0.1, 0.15) is 32.3 Å². The van der Waals surface area contributed by atoms with E-state index in [9.17, 15) is 32.8 Å². The summed E-state index contributed by atoms with van der Waals surface area (Å²) < 4.78 is 38.3. The van der Waals surface area contributed by atoms with E-state index in [-0.39, 0.29) is 17.5 Å². The molecule has 1 aromatic carbocycles. The van der Waals surface area contributed by atoms with Gasteiger partial charge in [-0.15, -0.1) is 0 Å². The van der Waals surface area contributed by atoms with Crippen LogP contribution in [-0.2, 0) is 15.8 Å². The molecule has 4 N–H and O–H groups in total. The maximum absolute atomic E-state index is 12.8. The fourth-order valence-electron chi connectivity index (χ4n) is 3.17. The lowest BCUT2D eigenvalue weighted by Crippen LogP contribution is -2.58. The fraction of sp³-hybridized carbons (Fsp3) is 0.556. The zero-order valence-corrected chi connectivity index (χ0v) is 17.3. The first kappa shape index (κ1) is 24.3. The summed E-state index contributed by atoms with van der Waals surface area (Å²) in [6, 6.07) is 2.27. The van der Waals surface area contributed by atoms with Crippen LogP contribution in [-0.4, -0.2) is 54.1 Å². The second-order valence-electron chi connectivity index (χ2n) is 7.60. The second-order valence-corrected chi connectivity index (χ2v) is 8.00. The molecule has 30 heavy (non-hydrogen) atoms. The third-order valence-corrected chi connectivity index (χ3v) is 5.06. The van der Waals surface area contributed by atoms with Crippen molar-refractivity contribution in [2.24, 2.45) is 5.92 Å².